The van der Waals surface area contributed by atoms with E-state index in [-0.39, 0.29) is 11.8 Å². The lowest BCUT2D eigenvalue weighted by atomic mass is 10.1. The molecule has 2 aromatic rings. The minimum atomic E-state index is -0.140. The molecule has 0 atom stereocenters. The first kappa shape index (κ1) is 23.8. The van der Waals surface area contributed by atoms with Crippen LogP contribution in [0.4, 0.5) is 0 Å². The molecule has 32 heavy (non-hydrogen) atoms. The van der Waals surface area contributed by atoms with Gasteiger partial charge < -0.3 is 14.8 Å². The van der Waals surface area contributed by atoms with Crippen molar-refractivity contribution in [1.29, 1.82) is 0 Å². The van der Waals surface area contributed by atoms with Crippen LogP contribution in [0.2, 0.25) is 0 Å². The van der Waals surface area contributed by atoms with Crippen molar-refractivity contribution in [2.45, 2.75) is 19.3 Å². The molecule has 1 fully saturated rings. The summed E-state index contributed by atoms with van der Waals surface area (Å²) >= 11 is 6.65. The number of amides is 2. The minimum absolute atomic E-state index is 0.0211. The van der Waals surface area contributed by atoms with Gasteiger partial charge in [0.05, 0.1) is 19.1 Å². The van der Waals surface area contributed by atoms with E-state index in [2.05, 4.69) is 5.32 Å². The highest BCUT2D eigenvalue weighted by atomic mass is 32.2. The number of thiocarbonyl (C=S) groups is 1. The highest BCUT2D eigenvalue weighted by Gasteiger charge is 2.31. The number of thioether (sulfide) groups is 1. The Labute approximate surface area is 198 Å². The Kier molecular flexibility index (Phi) is 8.70. The van der Waals surface area contributed by atoms with E-state index in [0.29, 0.717) is 46.7 Å². The Morgan fingerprint density at radius 2 is 1.88 bits per heavy atom. The highest BCUT2D eigenvalue weighted by molar-refractivity contribution is 8.26. The van der Waals surface area contributed by atoms with Crippen LogP contribution in [0.25, 0.3) is 6.08 Å². The largest absolute Gasteiger partial charge is 0.493 e. The average molecular weight is 471 g/mol. The Balaban J connectivity index is 1.48. The van der Waals surface area contributed by atoms with E-state index in [0.717, 1.165) is 12.0 Å². The summed E-state index contributed by atoms with van der Waals surface area (Å²) in [5, 5.41) is 2.93. The monoisotopic (exact) mass is 470 g/mol. The molecule has 8 heteroatoms. The first-order valence-corrected chi connectivity index (χ1v) is 11.5. The minimum Gasteiger partial charge on any atom is -0.493 e. The van der Waals surface area contributed by atoms with Crippen molar-refractivity contribution in [2.75, 3.05) is 27.3 Å². The molecule has 1 heterocycles. The van der Waals surface area contributed by atoms with Crippen LogP contribution in [0.15, 0.2) is 53.4 Å². The third-order valence-corrected chi connectivity index (χ3v) is 6.32. The van der Waals surface area contributed by atoms with Gasteiger partial charge in [0.15, 0.2) is 11.5 Å². The van der Waals surface area contributed by atoms with Crippen LogP contribution in [0.5, 0.6) is 11.5 Å². The summed E-state index contributed by atoms with van der Waals surface area (Å²) in [6, 6.07) is 15.5. The van der Waals surface area contributed by atoms with Gasteiger partial charge in [-0.3, -0.25) is 14.5 Å². The number of rotatable bonds is 10. The van der Waals surface area contributed by atoms with Gasteiger partial charge in [-0.2, -0.15) is 0 Å². The van der Waals surface area contributed by atoms with Crippen molar-refractivity contribution in [2.24, 2.45) is 0 Å². The van der Waals surface area contributed by atoms with Crippen molar-refractivity contribution < 1.29 is 19.1 Å². The predicted octanol–water partition coefficient (Wildman–Crippen LogP) is 4.04. The summed E-state index contributed by atoms with van der Waals surface area (Å²) in [6.45, 7) is 1.01. The molecule has 3 rings (SSSR count). The number of benzene rings is 2. The fourth-order valence-corrected chi connectivity index (χ4v) is 4.57. The molecule has 1 N–H and O–H groups in total. The Bertz CT molecular complexity index is 1010. The lowest BCUT2D eigenvalue weighted by Gasteiger charge is -2.14. The van der Waals surface area contributed by atoms with Crippen LogP contribution in [0.3, 0.4) is 0 Å². The standard InChI is InChI=1S/C24H26N2O4S2/c1-29-19-11-10-18(15-20(19)30-2)16-21-23(28)26(24(31)32-21)14-6-9-22(27)25-13-12-17-7-4-3-5-8-17/h3-5,7-8,10-11,15-16H,6,9,12-14H2,1-2H3,(H,25,27). The Morgan fingerprint density at radius 1 is 1.12 bits per heavy atom. The Hall–Kier alpha value is -2.84. The van der Waals surface area contributed by atoms with E-state index in [4.69, 9.17) is 21.7 Å². The fraction of sp³-hybridized carbons (Fsp3) is 0.292. The summed E-state index contributed by atoms with van der Waals surface area (Å²) in [5.41, 5.74) is 2.01. The van der Waals surface area contributed by atoms with Crippen molar-refractivity contribution in [3.8, 4) is 11.5 Å². The van der Waals surface area contributed by atoms with Crippen LogP contribution in [0, 0.1) is 0 Å². The lowest BCUT2D eigenvalue weighted by Crippen LogP contribution is -2.31. The Morgan fingerprint density at radius 3 is 2.59 bits per heavy atom. The van der Waals surface area contributed by atoms with Crippen LogP contribution in [-0.2, 0) is 16.0 Å². The third-order valence-electron chi connectivity index (χ3n) is 4.94. The molecule has 2 amide bonds. The van der Waals surface area contributed by atoms with E-state index >= 15 is 0 Å². The predicted molar refractivity (Wildman–Crippen MR) is 132 cm³/mol. The molecule has 168 valence electrons. The van der Waals surface area contributed by atoms with Gasteiger partial charge in [0.1, 0.15) is 4.32 Å². The molecule has 1 saturated heterocycles. The van der Waals surface area contributed by atoms with Crippen LogP contribution in [0.1, 0.15) is 24.0 Å². The molecule has 0 bridgehead atoms. The molecule has 1 aliphatic heterocycles. The number of carbonyl (C=O) groups excluding carboxylic acids is 2. The molecule has 0 radical (unpaired) electrons. The number of carbonyl (C=O) groups is 2. The first-order valence-electron chi connectivity index (χ1n) is 10.3. The van der Waals surface area contributed by atoms with Gasteiger partial charge in [0, 0.05) is 19.5 Å². The second-order valence-corrected chi connectivity index (χ2v) is 8.81. The molecule has 1 aliphatic rings. The van der Waals surface area contributed by atoms with Gasteiger partial charge in [0.25, 0.3) is 5.91 Å². The van der Waals surface area contributed by atoms with Gasteiger partial charge in [-0.1, -0.05) is 60.4 Å². The zero-order valence-corrected chi connectivity index (χ0v) is 19.8. The molecule has 6 nitrogen and oxygen atoms in total. The summed E-state index contributed by atoms with van der Waals surface area (Å²) in [4.78, 5) is 27.0. The second kappa shape index (κ2) is 11.7. The second-order valence-electron chi connectivity index (χ2n) is 7.14. The van der Waals surface area contributed by atoms with Gasteiger partial charge in [-0.15, -0.1) is 0 Å². The topological polar surface area (TPSA) is 67.9 Å². The zero-order chi connectivity index (χ0) is 22.9. The number of hydrogen-bond donors (Lipinski definition) is 1. The van der Waals surface area contributed by atoms with Crippen LogP contribution >= 0.6 is 24.0 Å². The molecular weight excluding hydrogens is 444 g/mol. The summed E-state index contributed by atoms with van der Waals surface area (Å²) in [5.74, 6) is 1.06. The van der Waals surface area contributed by atoms with Crippen molar-refractivity contribution >= 4 is 46.2 Å². The summed E-state index contributed by atoms with van der Waals surface area (Å²) < 4.78 is 11.1. The summed E-state index contributed by atoms with van der Waals surface area (Å²) in [7, 11) is 3.14. The van der Waals surface area contributed by atoms with Gasteiger partial charge in [-0.05, 0) is 42.2 Å². The quantitative estimate of drug-likeness (QED) is 0.418. The van der Waals surface area contributed by atoms with E-state index in [9.17, 15) is 9.59 Å². The van der Waals surface area contributed by atoms with E-state index < -0.39 is 0 Å². The summed E-state index contributed by atoms with van der Waals surface area (Å²) in [6.07, 6.45) is 3.48. The fourth-order valence-electron chi connectivity index (χ4n) is 3.26. The number of nitrogens with zero attached hydrogens (tertiary/aromatic N) is 1. The molecule has 2 aromatic carbocycles. The highest BCUT2D eigenvalue weighted by Crippen LogP contribution is 2.34. The normalized spacial score (nSPS) is 14.7. The van der Waals surface area contributed by atoms with Gasteiger partial charge in [0.2, 0.25) is 5.91 Å². The lowest BCUT2D eigenvalue weighted by molar-refractivity contribution is -0.123. The molecule has 0 aliphatic carbocycles. The number of hydrogen-bond acceptors (Lipinski definition) is 6. The van der Waals surface area contributed by atoms with Gasteiger partial charge in [-0.25, -0.2) is 0 Å². The van der Waals surface area contributed by atoms with Crippen LogP contribution < -0.4 is 14.8 Å². The maximum absolute atomic E-state index is 12.8. The van der Waals surface area contributed by atoms with E-state index in [1.54, 1.807) is 31.3 Å². The van der Waals surface area contributed by atoms with Crippen molar-refractivity contribution in [3.63, 3.8) is 0 Å². The molecule has 0 spiro atoms. The number of nitrogens with one attached hydrogen (secondary N) is 1. The maximum Gasteiger partial charge on any atom is 0.266 e. The number of methoxy groups -OCH3 is 2. The zero-order valence-electron chi connectivity index (χ0n) is 18.1. The number of ether oxygens (including phenoxy) is 2. The maximum atomic E-state index is 12.8. The average Bonchev–Trinajstić information content (AvgIpc) is 3.07. The van der Waals surface area contributed by atoms with Crippen LogP contribution in [-0.4, -0.2) is 48.3 Å². The smallest absolute Gasteiger partial charge is 0.266 e. The molecule has 0 unspecified atom stereocenters. The van der Waals surface area contributed by atoms with E-state index in [1.807, 2.05) is 42.5 Å². The van der Waals surface area contributed by atoms with Crippen molar-refractivity contribution in [1.82, 2.24) is 10.2 Å². The third kappa shape index (κ3) is 6.34. The molecule has 0 aromatic heterocycles. The first-order chi connectivity index (χ1) is 15.5. The van der Waals surface area contributed by atoms with Gasteiger partial charge >= 0.3 is 0 Å². The SMILES string of the molecule is COc1ccc(C=C2SC(=S)N(CCCC(=O)NCCc3ccccc3)C2=O)cc1OC. The van der Waals surface area contributed by atoms with E-state index in [1.165, 1.54) is 17.3 Å². The molecular formula is C24H26N2O4S2. The molecule has 0 saturated carbocycles. The van der Waals surface area contributed by atoms with Crippen molar-refractivity contribution in [3.05, 3.63) is 64.6 Å².